The highest BCUT2D eigenvalue weighted by molar-refractivity contribution is 6.06. The summed E-state index contributed by atoms with van der Waals surface area (Å²) in [5, 5.41) is 19.9. The van der Waals surface area contributed by atoms with Crippen molar-refractivity contribution in [1.82, 2.24) is 25.1 Å². The highest BCUT2D eigenvalue weighted by atomic mass is 16.3. The number of aliphatic hydroxyl groups excluding tert-OH is 1. The first-order chi connectivity index (χ1) is 15.8. The Kier molecular flexibility index (Phi) is 11.3. The van der Waals surface area contributed by atoms with Crippen LogP contribution in [0.3, 0.4) is 0 Å². The predicted molar refractivity (Wildman–Crippen MR) is 134 cm³/mol. The average molecular weight is 459 g/mol. The second-order valence-electron chi connectivity index (χ2n) is 7.25. The average Bonchev–Trinajstić information content (AvgIpc) is 3.23. The lowest BCUT2D eigenvalue weighted by Gasteiger charge is -2.12. The summed E-state index contributed by atoms with van der Waals surface area (Å²) < 4.78 is 1.74. The number of H-pyrrole nitrogens is 1. The number of anilines is 1. The number of fused-ring (bicyclic) bond motifs is 1. The Balaban J connectivity index is 0.00000129. The van der Waals surface area contributed by atoms with Crippen molar-refractivity contribution in [3.8, 4) is 0 Å². The third kappa shape index (κ3) is 6.89. The minimum Gasteiger partial charge on any atom is -0.395 e. The van der Waals surface area contributed by atoms with Crippen molar-refractivity contribution in [3.63, 3.8) is 0 Å². The topological polar surface area (TPSA) is 125 Å². The zero-order valence-corrected chi connectivity index (χ0v) is 21.0. The smallest absolute Gasteiger partial charge is 0.253 e. The molecule has 0 aromatic carbocycles. The fraction of sp³-hybridized carbons (Fsp3) is 0.500. The highest BCUT2D eigenvalue weighted by Crippen LogP contribution is 2.23. The Labute approximate surface area is 195 Å². The van der Waals surface area contributed by atoms with Crippen LogP contribution < -0.4 is 16.2 Å². The maximum Gasteiger partial charge on any atom is 0.253 e. The molecular weight excluding hydrogens is 420 g/mol. The molecule has 182 valence electrons. The van der Waals surface area contributed by atoms with Crippen LogP contribution >= 0.6 is 0 Å². The number of amides is 1. The van der Waals surface area contributed by atoms with Crippen LogP contribution in [0.1, 0.15) is 74.8 Å². The van der Waals surface area contributed by atoms with Crippen LogP contribution in [-0.2, 0) is 6.54 Å². The maximum absolute atomic E-state index is 13.0. The van der Waals surface area contributed by atoms with E-state index in [0.717, 1.165) is 11.3 Å². The van der Waals surface area contributed by atoms with Crippen molar-refractivity contribution in [2.24, 2.45) is 0 Å². The summed E-state index contributed by atoms with van der Waals surface area (Å²) in [7, 11) is 0. The van der Waals surface area contributed by atoms with Crippen LogP contribution in [0, 0.1) is 13.8 Å². The molecule has 33 heavy (non-hydrogen) atoms. The molecule has 0 aliphatic rings. The third-order valence-corrected chi connectivity index (χ3v) is 4.64. The first-order valence-electron chi connectivity index (χ1n) is 11.5. The van der Waals surface area contributed by atoms with Crippen molar-refractivity contribution in [1.29, 1.82) is 0 Å². The second-order valence-corrected chi connectivity index (χ2v) is 7.25. The molecule has 0 fully saturated rings. The molecule has 0 atom stereocenters. The van der Waals surface area contributed by atoms with Gasteiger partial charge < -0.3 is 20.7 Å². The molecule has 3 aromatic rings. The van der Waals surface area contributed by atoms with Crippen LogP contribution in [0.25, 0.3) is 11.0 Å². The Morgan fingerprint density at radius 2 is 1.85 bits per heavy atom. The van der Waals surface area contributed by atoms with Crippen molar-refractivity contribution < 1.29 is 9.90 Å². The van der Waals surface area contributed by atoms with E-state index in [0.29, 0.717) is 34.5 Å². The molecule has 0 bridgehead atoms. The molecule has 9 nitrogen and oxygen atoms in total. The summed E-state index contributed by atoms with van der Waals surface area (Å²) in [6, 6.07) is 3.57. The minimum absolute atomic E-state index is 0.0554. The number of aromatic amines is 1. The van der Waals surface area contributed by atoms with Gasteiger partial charge in [0.1, 0.15) is 5.82 Å². The Morgan fingerprint density at radius 3 is 2.42 bits per heavy atom. The molecule has 0 aliphatic heterocycles. The molecular formula is C24H38N6O3. The lowest BCUT2D eigenvalue weighted by atomic mass is 10.1. The molecule has 1 amide bonds. The number of nitrogens with zero attached hydrogens (tertiary/aromatic N) is 3. The number of hydrogen-bond acceptors (Lipinski definition) is 6. The molecule has 0 aliphatic carbocycles. The number of aliphatic hydroxyl groups is 1. The standard InChI is InChI=1S/C20H26N6O3.2C2H6/c1-11(2)26-18-16(10-23-26)14(8-17(25-18)21-5-6-27)19(28)22-9-15-12(3)7-13(4)24-20(15)29;2*1-2/h7-8,10-11,27H,5-6,9H2,1-4H3,(H,21,25)(H,22,28)(H,24,29);2*1-2H3. The van der Waals surface area contributed by atoms with E-state index in [1.54, 1.807) is 16.9 Å². The summed E-state index contributed by atoms with van der Waals surface area (Å²) >= 11 is 0. The number of carbonyl (C=O) groups is 1. The number of hydrogen-bond donors (Lipinski definition) is 4. The molecule has 9 heteroatoms. The molecule has 3 heterocycles. The fourth-order valence-electron chi connectivity index (χ4n) is 3.22. The molecule has 0 saturated carbocycles. The number of pyridine rings is 2. The van der Waals surface area contributed by atoms with E-state index < -0.39 is 0 Å². The summed E-state index contributed by atoms with van der Waals surface area (Å²) in [6.07, 6.45) is 1.62. The van der Waals surface area contributed by atoms with E-state index in [4.69, 9.17) is 5.11 Å². The SMILES string of the molecule is CC.CC.Cc1cc(C)c(CNC(=O)c2cc(NCCO)nc3c2cnn3C(C)C)c(=O)[nH]1. The first-order valence-corrected chi connectivity index (χ1v) is 11.5. The van der Waals surface area contributed by atoms with Gasteiger partial charge in [-0.25, -0.2) is 9.67 Å². The van der Waals surface area contributed by atoms with Gasteiger partial charge in [0.15, 0.2) is 5.65 Å². The van der Waals surface area contributed by atoms with Gasteiger partial charge >= 0.3 is 0 Å². The van der Waals surface area contributed by atoms with Crippen LogP contribution in [0.4, 0.5) is 5.82 Å². The van der Waals surface area contributed by atoms with E-state index >= 15 is 0 Å². The van der Waals surface area contributed by atoms with Crippen molar-refractivity contribution in [2.45, 2.75) is 68.0 Å². The van der Waals surface area contributed by atoms with E-state index in [-0.39, 0.29) is 30.7 Å². The lowest BCUT2D eigenvalue weighted by molar-refractivity contribution is 0.0952. The van der Waals surface area contributed by atoms with Gasteiger partial charge in [-0.2, -0.15) is 5.10 Å². The molecule has 0 saturated heterocycles. The van der Waals surface area contributed by atoms with Crippen LogP contribution in [-0.4, -0.2) is 43.9 Å². The number of rotatable bonds is 7. The van der Waals surface area contributed by atoms with Crippen LogP contribution in [0.5, 0.6) is 0 Å². The van der Waals surface area contributed by atoms with Gasteiger partial charge in [0, 0.05) is 30.4 Å². The molecule has 4 N–H and O–H groups in total. The summed E-state index contributed by atoms with van der Waals surface area (Å²) in [5.74, 6) is 0.149. The van der Waals surface area contributed by atoms with Crippen LogP contribution in [0.2, 0.25) is 0 Å². The number of aromatic nitrogens is 4. The molecule has 3 rings (SSSR count). The zero-order valence-electron chi connectivity index (χ0n) is 21.0. The van der Waals surface area contributed by atoms with Crippen LogP contribution in [0.15, 0.2) is 23.1 Å². The highest BCUT2D eigenvalue weighted by Gasteiger charge is 2.18. The predicted octanol–water partition coefficient (Wildman–Crippen LogP) is 3.70. The van der Waals surface area contributed by atoms with Gasteiger partial charge in [0.25, 0.3) is 11.5 Å². The Bertz CT molecular complexity index is 1100. The quantitative estimate of drug-likeness (QED) is 0.428. The lowest BCUT2D eigenvalue weighted by Crippen LogP contribution is -2.28. The van der Waals surface area contributed by atoms with Crippen molar-refractivity contribution in [2.75, 3.05) is 18.5 Å². The largest absolute Gasteiger partial charge is 0.395 e. The van der Waals surface area contributed by atoms with Crippen molar-refractivity contribution >= 4 is 22.8 Å². The summed E-state index contributed by atoms with van der Waals surface area (Å²) in [6.45, 7) is 16.0. The maximum atomic E-state index is 13.0. The second kappa shape index (κ2) is 13.4. The number of nitrogens with one attached hydrogen (secondary N) is 3. The van der Waals surface area contributed by atoms with Gasteiger partial charge in [0.2, 0.25) is 0 Å². The van der Waals surface area contributed by atoms with E-state index in [2.05, 4.69) is 25.7 Å². The van der Waals surface area contributed by atoms with Gasteiger partial charge in [0.05, 0.1) is 23.8 Å². The van der Waals surface area contributed by atoms with Gasteiger partial charge in [-0.05, 0) is 45.4 Å². The summed E-state index contributed by atoms with van der Waals surface area (Å²) in [4.78, 5) is 32.5. The van der Waals surface area contributed by atoms with Crippen molar-refractivity contribution in [3.05, 3.63) is 51.1 Å². The molecule has 0 spiro atoms. The van der Waals surface area contributed by atoms with Gasteiger partial charge in [-0.15, -0.1) is 0 Å². The fourth-order valence-corrected chi connectivity index (χ4v) is 3.22. The zero-order chi connectivity index (χ0) is 25.1. The summed E-state index contributed by atoms with van der Waals surface area (Å²) in [5.41, 5.74) is 2.90. The van der Waals surface area contributed by atoms with E-state index in [1.807, 2.05) is 61.5 Å². The normalized spacial score (nSPS) is 10.2. The molecule has 0 radical (unpaired) electrons. The monoisotopic (exact) mass is 458 g/mol. The Morgan fingerprint density at radius 1 is 1.18 bits per heavy atom. The minimum atomic E-state index is -0.327. The Hall–Kier alpha value is -3.20. The van der Waals surface area contributed by atoms with Gasteiger partial charge in [-0.1, -0.05) is 27.7 Å². The first kappa shape index (κ1) is 27.8. The number of carbonyl (C=O) groups excluding carboxylic acids is 1. The molecule has 3 aromatic heterocycles. The molecule has 0 unspecified atom stereocenters. The third-order valence-electron chi connectivity index (χ3n) is 4.64. The number of aryl methyl sites for hydroxylation is 2. The van der Waals surface area contributed by atoms with E-state index in [9.17, 15) is 9.59 Å². The van der Waals surface area contributed by atoms with E-state index in [1.165, 1.54) is 0 Å². The van der Waals surface area contributed by atoms with Gasteiger partial charge in [-0.3, -0.25) is 9.59 Å².